The summed E-state index contributed by atoms with van der Waals surface area (Å²) in [5.74, 6) is 1.64. The van der Waals surface area contributed by atoms with Crippen molar-refractivity contribution in [1.82, 2.24) is 19.3 Å². The number of nitrogens with one attached hydrogen (secondary N) is 1. The van der Waals surface area contributed by atoms with E-state index < -0.39 is 0 Å². The molecular formula is C11H15N5. The summed E-state index contributed by atoms with van der Waals surface area (Å²) >= 11 is 0. The van der Waals surface area contributed by atoms with Gasteiger partial charge in [-0.25, -0.2) is 4.98 Å². The molecule has 0 amide bonds. The molecule has 0 atom stereocenters. The molecule has 0 aliphatic heterocycles. The molecule has 5 nitrogen and oxygen atoms in total. The highest BCUT2D eigenvalue weighted by Gasteiger charge is 2.08. The summed E-state index contributed by atoms with van der Waals surface area (Å²) in [6.07, 6.45) is 5.66. The maximum Gasteiger partial charge on any atom is 0.209 e. The molecule has 2 rings (SSSR count). The number of nitrogens with zero attached hydrogens (tertiary/aromatic N) is 4. The van der Waals surface area contributed by atoms with E-state index in [1.165, 1.54) is 0 Å². The van der Waals surface area contributed by atoms with Crippen LogP contribution in [0.5, 0.6) is 0 Å². The van der Waals surface area contributed by atoms with Gasteiger partial charge in [0.1, 0.15) is 0 Å². The fourth-order valence-electron chi connectivity index (χ4n) is 1.49. The molecule has 2 aromatic rings. The number of aromatic nitrogens is 4. The van der Waals surface area contributed by atoms with Crippen LogP contribution >= 0.6 is 0 Å². The number of aryl methyl sites for hydroxylation is 2. The van der Waals surface area contributed by atoms with E-state index in [9.17, 15) is 0 Å². The molecule has 84 valence electrons. The molecule has 1 N–H and O–H groups in total. The molecule has 0 unspecified atom stereocenters. The summed E-state index contributed by atoms with van der Waals surface area (Å²) in [5.41, 5.74) is 0.956. The summed E-state index contributed by atoms with van der Waals surface area (Å²) in [6, 6.07) is 1.94. The van der Waals surface area contributed by atoms with Gasteiger partial charge in [0.2, 0.25) is 5.95 Å². The average Bonchev–Trinajstić information content (AvgIpc) is 2.81. The molecule has 0 fully saturated rings. The first-order valence-corrected chi connectivity index (χ1v) is 5.11. The molecule has 0 saturated carbocycles. The molecular weight excluding hydrogens is 202 g/mol. The Morgan fingerprint density at radius 1 is 1.56 bits per heavy atom. The van der Waals surface area contributed by atoms with Crippen LogP contribution in [0.4, 0.5) is 5.95 Å². The van der Waals surface area contributed by atoms with E-state index in [0.717, 1.165) is 17.5 Å². The summed E-state index contributed by atoms with van der Waals surface area (Å²) in [5, 5.41) is 7.51. The van der Waals surface area contributed by atoms with E-state index in [1.807, 2.05) is 37.0 Å². The van der Waals surface area contributed by atoms with Gasteiger partial charge in [-0.1, -0.05) is 6.08 Å². The third kappa shape index (κ3) is 1.98. The minimum atomic E-state index is 0.684. The van der Waals surface area contributed by atoms with Gasteiger partial charge in [-0.15, -0.1) is 6.58 Å². The smallest absolute Gasteiger partial charge is 0.209 e. The molecule has 0 aliphatic carbocycles. The van der Waals surface area contributed by atoms with Crippen LogP contribution < -0.4 is 5.32 Å². The van der Waals surface area contributed by atoms with Gasteiger partial charge in [-0.05, 0) is 6.92 Å². The van der Waals surface area contributed by atoms with Crippen LogP contribution in [0, 0.1) is 6.92 Å². The number of hydrogen-bond acceptors (Lipinski definition) is 3. The number of rotatable bonds is 4. The van der Waals surface area contributed by atoms with Crippen LogP contribution in [0.1, 0.15) is 5.69 Å². The lowest BCUT2D eigenvalue weighted by atomic mass is 10.5. The van der Waals surface area contributed by atoms with Gasteiger partial charge >= 0.3 is 0 Å². The fraction of sp³-hybridized carbons (Fsp3) is 0.273. The predicted molar refractivity (Wildman–Crippen MR) is 63.8 cm³/mol. The lowest BCUT2D eigenvalue weighted by Gasteiger charge is -2.04. The minimum Gasteiger partial charge on any atom is -0.352 e. The van der Waals surface area contributed by atoms with Gasteiger partial charge in [0, 0.05) is 32.1 Å². The summed E-state index contributed by atoms with van der Waals surface area (Å²) in [6.45, 7) is 6.31. The van der Waals surface area contributed by atoms with Crippen molar-refractivity contribution in [2.24, 2.45) is 7.05 Å². The zero-order chi connectivity index (χ0) is 11.5. The summed E-state index contributed by atoms with van der Waals surface area (Å²) in [7, 11) is 1.89. The zero-order valence-electron chi connectivity index (χ0n) is 9.51. The van der Waals surface area contributed by atoms with E-state index in [4.69, 9.17) is 0 Å². The van der Waals surface area contributed by atoms with Crippen LogP contribution in [-0.2, 0) is 7.05 Å². The third-order valence-electron chi connectivity index (χ3n) is 2.18. The van der Waals surface area contributed by atoms with Gasteiger partial charge in [-0.2, -0.15) is 5.10 Å². The summed E-state index contributed by atoms with van der Waals surface area (Å²) < 4.78 is 3.70. The average molecular weight is 217 g/mol. The van der Waals surface area contributed by atoms with E-state index in [1.54, 1.807) is 10.8 Å². The van der Waals surface area contributed by atoms with Crippen molar-refractivity contribution in [1.29, 1.82) is 0 Å². The molecule has 0 bridgehead atoms. The van der Waals surface area contributed by atoms with E-state index >= 15 is 0 Å². The Labute approximate surface area is 94.4 Å². The quantitative estimate of drug-likeness (QED) is 0.790. The Bertz CT molecular complexity index is 494. The number of hydrogen-bond donors (Lipinski definition) is 1. The molecule has 16 heavy (non-hydrogen) atoms. The fourth-order valence-corrected chi connectivity index (χ4v) is 1.49. The molecule has 0 radical (unpaired) electrons. The molecule has 0 aliphatic rings. The first kappa shape index (κ1) is 10.5. The monoisotopic (exact) mass is 217 g/mol. The Hall–Kier alpha value is -2.04. The normalized spacial score (nSPS) is 10.4. The van der Waals surface area contributed by atoms with Gasteiger partial charge in [0.25, 0.3) is 0 Å². The lowest BCUT2D eigenvalue weighted by Crippen LogP contribution is -2.06. The second-order valence-corrected chi connectivity index (χ2v) is 3.59. The maximum absolute atomic E-state index is 4.39. The standard InChI is InChI=1S/C11H15N5/c1-4-6-12-11-13-9(2)8-16(11)10-5-7-15(3)14-10/h4-5,7-8H,1,6H2,2-3H3,(H,12,13). The largest absolute Gasteiger partial charge is 0.352 e. The highest BCUT2D eigenvalue weighted by molar-refractivity contribution is 5.38. The van der Waals surface area contributed by atoms with Crippen molar-refractivity contribution in [3.63, 3.8) is 0 Å². The van der Waals surface area contributed by atoms with Crippen molar-refractivity contribution in [2.45, 2.75) is 6.92 Å². The second kappa shape index (κ2) is 4.22. The third-order valence-corrected chi connectivity index (χ3v) is 2.18. The molecule has 2 aromatic heterocycles. The molecule has 0 aromatic carbocycles. The first-order chi connectivity index (χ1) is 7.70. The van der Waals surface area contributed by atoms with Crippen molar-refractivity contribution in [3.05, 3.63) is 36.8 Å². The number of imidazole rings is 1. The van der Waals surface area contributed by atoms with Crippen LogP contribution in [0.15, 0.2) is 31.1 Å². The SMILES string of the molecule is C=CCNc1nc(C)cn1-c1ccn(C)n1. The zero-order valence-corrected chi connectivity index (χ0v) is 9.51. The molecule has 0 saturated heterocycles. The van der Waals surface area contributed by atoms with Crippen LogP contribution in [0.25, 0.3) is 5.82 Å². The first-order valence-electron chi connectivity index (χ1n) is 5.11. The Kier molecular flexibility index (Phi) is 2.76. The highest BCUT2D eigenvalue weighted by atomic mass is 15.3. The van der Waals surface area contributed by atoms with Crippen molar-refractivity contribution >= 4 is 5.95 Å². The Balaban J connectivity index is 2.35. The van der Waals surface area contributed by atoms with Gasteiger partial charge in [-0.3, -0.25) is 9.25 Å². The van der Waals surface area contributed by atoms with Crippen LogP contribution in [0.2, 0.25) is 0 Å². The minimum absolute atomic E-state index is 0.684. The Morgan fingerprint density at radius 2 is 2.38 bits per heavy atom. The van der Waals surface area contributed by atoms with E-state index in [-0.39, 0.29) is 0 Å². The number of anilines is 1. The van der Waals surface area contributed by atoms with E-state index in [2.05, 4.69) is 22.0 Å². The van der Waals surface area contributed by atoms with Crippen LogP contribution in [-0.4, -0.2) is 25.9 Å². The summed E-state index contributed by atoms with van der Waals surface area (Å²) in [4.78, 5) is 4.39. The van der Waals surface area contributed by atoms with Gasteiger partial charge in [0.05, 0.1) is 5.69 Å². The van der Waals surface area contributed by atoms with Crippen LogP contribution in [0.3, 0.4) is 0 Å². The van der Waals surface area contributed by atoms with Gasteiger partial charge in [0.15, 0.2) is 5.82 Å². The Morgan fingerprint density at radius 3 is 3.00 bits per heavy atom. The maximum atomic E-state index is 4.39. The topological polar surface area (TPSA) is 47.7 Å². The van der Waals surface area contributed by atoms with Gasteiger partial charge < -0.3 is 5.32 Å². The van der Waals surface area contributed by atoms with Crippen molar-refractivity contribution in [3.8, 4) is 5.82 Å². The molecule has 5 heteroatoms. The predicted octanol–water partition coefficient (Wildman–Crippen LogP) is 1.51. The van der Waals surface area contributed by atoms with Crippen molar-refractivity contribution < 1.29 is 0 Å². The second-order valence-electron chi connectivity index (χ2n) is 3.59. The molecule has 2 heterocycles. The lowest BCUT2D eigenvalue weighted by molar-refractivity contribution is 0.751. The highest BCUT2D eigenvalue weighted by Crippen LogP contribution is 2.14. The van der Waals surface area contributed by atoms with E-state index in [0.29, 0.717) is 6.54 Å². The molecule has 0 spiro atoms. The van der Waals surface area contributed by atoms with Crippen molar-refractivity contribution in [2.75, 3.05) is 11.9 Å².